The van der Waals surface area contributed by atoms with Crippen LogP contribution < -0.4 is 11.3 Å². The van der Waals surface area contributed by atoms with Crippen LogP contribution in [0.5, 0.6) is 0 Å². The highest BCUT2D eigenvalue weighted by Gasteiger charge is 2.45. The molecule has 2 fully saturated rings. The Bertz CT molecular complexity index is 245. The zero-order valence-corrected chi connectivity index (χ0v) is 10.7. The van der Waals surface area contributed by atoms with Gasteiger partial charge in [0.2, 0.25) is 0 Å². The normalized spacial score (nSPS) is 26.9. The average Bonchev–Trinajstić information content (AvgIpc) is 2.87. The van der Waals surface area contributed by atoms with E-state index in [2.05, 4.69) is 16.9 Å². The maximum atomic E-state index is 5.77. The number of nitrogens with two attached hydrogens (primary N) is 1. The molecule has 0 aromatic heterocycles. The molecule has 4 nitrogen and oxygen atoms in total. The third kappa shape index (κ3) is 2.55. The molecule has 2 aliphatic rings. The molecule has 4 heteroatoms. The quantitative estimate of drug-likeness (QED) is 0.427. The van der Waals surface area contributed by atoms with Crippen molar-refractivity contribution < 1.29 is 4.74 Å². The molecule has 0 radical (unpaired) electrons. The van der Waals surface area contributed by atoms with Crippen molar-refractivity contribution in [2.75, 3.05) is 26.3 Å². The number of morpholine rings is 1. The van der Waals surface area contributed by atoms with Gasteiger partial charge in [-0.25, -0.2) is 0 Å². The second-order valence-corrected chi connectivity index (χ2v) is 5.15. The Labute approximate surface area is 104 Å². The third-order valence-electron chi connectivity index (χ3n) is 4.36. The topological polar surface area (TPSA) is 50.5 Å². The lowest BCUT2D eigenvalue weighted by Gasteiger charge is -2.48. The van der Waals surface area contributed by atoms with Crippen molar-refractivity contribution in [1.29, 1.82) is 0 Å². The van der Waals surface area contributed by atoms with Gasteiger partial charge in [-0.15, -0.1) is 6.58 Å². The zero-order valence-electron chi connectivity index (χ0n) is 10.7. The first kappa shape index (κ1) is 13.0. The zero-order chi connectivity index (χ0) is 12.1. The smallest absolute Gasteiger partial charge is 0.0594 e. The first-order valence-electron chi connectivity index (χ1n) is 6.73. The summed E-state index contributed by atoms with van der Waals surface area (Å²) in [4.78, 5) is 2.59. The van der Waals surface area contributed by atoms with E-state index in [9.17, 15) is 0 Å². The first-order valence-corrected chi connectivity index (χ1v) is 6.73. The maximum absolute atomic E-state index is 5.77. The van der Waals surface area contributed by atoms with Crippen LogP contribution in [0.1, 0.15) is 32.1 Å². The maximum Gasteiger partial charge on any atom is 0.0594 e. The first-order chi connectivity index (χ1) is 8.33. The second kappa shape index (κ2) is 5.96. The largest absolute Gasteiger partial charge is 0.379 e. The summed E-state index contributed by atoms with van der Waals surface area (Å²) in [6.45, 7) is 7.64. The minimum Gasteiger partial charge on any atom is -0.379 e. The number of ether oxygens (including phenoxy) is 1. The molecule has 1 heterocycles. The molecule has 98 valence electrons. The molecule has 0 spiro atoms. The Morgan fingerprint density at radius 1 is 1.35 bits per heavy atom. The highest BCUT2D eigenvalue weighted by Crippen LogP contribution is 2.39. The van der Waals surface area contributed by atoms with Crippen LogP contribution in [-0.2, 0) is 4.74 Å². The van der Waals surface area contributed by atoms with Gasteiger partial charge >= 0.3 is 0 Å². The van der Waals surface area contributed by atoms with E-state index in [0.29, 0.717) is 6.04 Å². The van der Waals surface area contributed by atoms with Gasteiger partial charge in [-0.2, -0.15) is 0 Å². The van der Waals surface area contributed by atoms with Crippen molar-refractivity contribution in [3.8, 4) is 0 Å². The van der Waals surface area contributed by atoms with Crippen molar-refractivity contribution >= 4 is 0 Å². The summed E-state index contributed by atoms with van der Waals surface area (Å²) in [5.74, 6) is 5.77. The Morgan fingerprint density at radius 2 is 2.00 bits per heavy atom. The SMILES string of the molecule is C=CCC(NN)C1(N2CCOCC2)CCCC1. The van der Waals surface area contributed by atoms with Crippen LogP contribution >= 0.6 is 0 Å². The van der Waals surface area contributed by atoms with Crippen LogP contribution in [0.3, 0.4) is 0 Å². The van der Waals surface area contributed by atoms with E-state index in [1.54, 1.807) is 0 Å². The number of hydrogen-bond acceptors (Lipinski definition) is 4. The summed E-state index contributed by atoms with van der Waals surface area (Å²) in [6.07, 6.45) is 8.03. The lowest BCUT2D eigenvalue weighted by atomic mass is 9.84. The minimum absolute atomic E-state index is 0.229. The summed E-state index contributed by atoms with van der Waals surface area (Å²) in [6, 6.07) is 0.320. The minimum atomic E-state index is 0.229. The van der Waals surface area contributed by atoms with Crippen LogP contribution in [0, 0.1) is 0 Å². The van der Waals surface area contributed by atoms with E-state index in [1.807, 2.05) is 6.08 Å². The van der Waals surface area contributed by atoms with Gasteiger partial charge in [-0.1, -0.05) is 18.9 Å². The Balaban J connectivity index is 2.14. The molecule has 1 saturated carbocycles. The summed E-state index contributed by atoms with van der Waals surface area (Å²) in [5, 5.41) is 0. The fourth-order valence-corrected chi connectivity index (χ4v) is 3.49. The van der Waals surface area contributed by atoms with Gasteiger partial charge in [-0.3, -0.25) is 16.2 Å². The molecular weight excluding hydrogens is 214 g/mol. The van der Waals surface area contributed by atoms with E-state index >= 15 is 0 Å². The molecule has 3 N–H and O–H groups in total. The van der Waals surface area contributed by atoms with Crippen molar-refractivity contribution in [2.45, 2.75) is 43.7 Å². The van der Waals surface area contributed by atoms with Gasteiger partial charge in [0.05, 0.1) is 13.2 Å². The number of hydrogen-bond donors (Lipinski definition) is 2. The van der Waals surface area contributed by atoms with Crippen molar-refractivity contribution in [3.63, 3.8) is 0 Å². The van der Waals surface area contributed by atoms with E-state index in [4.69, 9.17) is 10.6 Å². The van der Waals surface area contributed by atoms with Crippen molar-refractivity contribution in [3.05, 3.63) is 12.7 Å². The number of nitrogens with zero attached hydrogens (tertiary/aromatic N) is 1. The van der Waals surface area contributed by atoms with E-state index in [1.165, 1.54) is 25.7 Å². The third-order valence-corrected chi connectivity index (χ3v) is 4.36. The van der Waals surface area contributed by atoms with Gasteiger partial charge in [0, 0.05) is 24.7 Å². The second-order valence-electron chi connectivity index (χ2n) is 5.15. The van der Waals surface area contributed by atoms with Crippen LogP contribution in [0.15, 0.2) is 12.7 Å². The molecule has 1 aliphatic heterocycles. The molecule has 1 atom stereocenters. The fraction of sp³-hybridized carbons (Fsp3) is 0.846. The molecule has 0 aromatic carbocycles. The lowest BCUT2D eigenvalue weighted by molar-refractivity contribution is -0.0353. The molecule has 0 aromatic rings. The predicted molar refractivity (Wildman–Crippen MR) is 69.5 cm³/mol. The molecule has 1 saturated heterocycles. The van der Waals surface area contributed by atoms with E-state index in [-0.39, 0.29) is 5.54 Å². The van der Waals surface area contributed by atoms with Crippen LogP contribution in [0.25, 0.3) is 0 Å². The Morgan fingerprint density at radius 3 is 2.53 bits per heavy atom. The average molecular weight is 239 g/mol. The summed E-state index contributed by atoms with van der Waals surface area (Å²) in [7, 11) is 0. The van der Waals surface area contributed by atoms with Crippen molar-refractivity contribution in [2.24, 2.45) is 5.84 Å². The molecule has 1 unspecified atom stereocenters. The predicted octanol–water partition coefficient (Wildman–Crippen LogP) is 1.04. The monoisotopic (exact) mass is 239 g/mol. The van der Waals surface area contributed by atoms with Gasteiger partial charge in [0.15, 0.2) is 0 Å². The summed E-state index contributed by atoms with van der Waals surface area (Å²) >= 11 is 0. The highest BCUT2D eigenvalue weighted by molar-refractivity contribution is 5.05. The molecule has 1 aliphatic carbocycles. The van der Waals surface area contributed by atoms with Crippen LogP contribution in [0.2, 0.25) is 0 Å². The highest BCUT2D eigenvalue weighted by atomic mass is 16.5. The van der Waals surface area contributed by atoms with Gasteiger partial charge in [-0.05, 0) is 19.3 Å². The Hall–Kier alpha value is -0.420. The Kier molecular flexibility index (Phi) is 4.56. The summed E-state index contributed by atoms with van der Waals surface area (Å²) < 4.78 is 5.46. The number of nitrogens with one attached hydrogen (secondary N) is 1. The molecule has 2 rings (SSSR count). The molecule has 0 amide bonds. The van der Waals surface area contributed by atoms with E-state index in [0.717, 1.165) is 32.7 Å². The number of rotatable bonds is 5. The van der Waals surface area contributed by atoms with Crippen LogP contribution in [-0.4, -0.2) is 42.8 Å². The molecule has 0 bridgehead atoms. The van der Waals surface area contributed by atoms with E-state index < -0.39 is 0 Å². The van der Waals surface area contributed by atoms with Gasteiger partial charge < -0.3 is 4.74 Å². The standard InChI is InChI=1S/C13H25N3O/c1-2-5-12(15-14)13(6-3-4-7-13)16-8-10-17-11-9-16/h2,12,15H,1,3-11,14H2. The lowest BCUT2D eigenvalue weighted by Crippen LogP contribution is -2.63. The van der Waals surface area contributed by atoms with Gasteiger partial charge in [0.25, 0.3) is 0 Å². The molecular formula is C13H25N3O. The molecule has 17 heavy (non-hydrogen) atoms. The van der Waals surface area contributed by atoms with Crippen LogP contribution in [0.4, 0.5) is 0 Å². The number of hydrazine groups is 1. The van der Waals surface area contributed by atoms with Crippen molar-refractivity contribution in [1.82, 2.24) is 10.3 Å². The fourth-order valence-electron chi connectivity index (χ4n) is 3.49. The summed E-state index contributed by atoms with van der Waals surface area (Å²) in [5.41, 5.74) is 3.26. The van der Waals surface area contributed by atoms with Gasteiger partial charge in [0.1, 0.15) is 0 Å².